The molecule has 0 aromatic carbocycles. The van der Waals surface area contributed by atoms with Crippen LogP contribution in [0.2, 0.25) is 0 Å². The van der Waals surface area contributed by atoms with E-state index in [1.165, 1.54) is 31.0 Å². The van der Waals surface area contributed by atoms with Crippen LogP contribution in [0.5, 0.6) is 0 Å². The van der Waals surface area contributed by atoms with Crippen LogP contribution in [-0.4, -0.2) is 115 Å². The zero-order valence-electron chi connectivity index (χ0n) is 57.9. The van der Waals surface area contributed by atoms with Crippen molar-refractivity contribution in [2.75, 3.05) is 14.2 Å². The van der Waals surface area contributed by atoms with Crippen LogP contribution in [0, 0.1) is 0 Å². The topological polar surface area (TPSA) is 329 Å². The van der Waals surface area contributed by atoms with E-state index in [9.17, 15) is 0 Å². The summed E-state index contributed by atoms with van der Waals surface area (Å²) in [5.74, 6) is 0. The molecule has 0 saturated heterocycles. The Labute approximate surface area is 700 Å². The molecule has 0 aliphatic rings. The van der Waals surface area contributed by atoms with E-state index < -0.39 is 0 Å². The molecule has 20 nitrogen and oxygen atoms in total. The summed E-state index contributed by atoms with van der Waals surface area (Å²) in [6.45, 7) is 0. The Morgan fingerprint density at radius 3 is 0.404 bits per heavy atom. The second-order valence-corrected chi connectivity index (χ2v) is 18.9. The minimum Gasteiger partial charge on any atom is -0.753 e. The maximum absolute atomic E-state index is 7.13. The van der Waals surface area contributed by atoms with Crippen molar-refractivity contribution in [1.82, 2.24) is 59.8 Å². The number of thiocarbonyl (C=S) groups is 6. The summed E-state index contributed by atoms with van der Waals surface area (Å²) in [4.78, 5) is 48.9. The molecule has 0 unspecified atom stereocenters. The Balaban J connectivity index is -0.000000374. The van der Waals surface area contributed by atoms with Crippen molar-refractivity contribution in [3.8, 4) is 0 Å². The number of nitrogens with zero attached hydrogens (tertiary/aromatic N) is 18. The van der Waals surface area contributed by atoms with Crippen molar-refractivity contribution < 1.29 is 61.4 Å². The van der Waals surface area contributed by atoms with Gasteiger partial charge in [-0.25, -0.2) is 0 Å². The third-order valence-corrected chi connectivity index (χ3v) is 11.0. The van der Waals surface area contributed by atoms with Crippen LogP contribution in [0.15, 0.2) is 294 Å². The van der Waals surface area contributed by atoms with Gasteiger partial charge < -0.3 is 42.7 Å². The average Bonchev–Trinajstić information content (AvgIpc) is 0.970. The summed E-state index contributed by atoms with van der Waals surface area (Å²) in [5.41, 5.74) is 12.6. The van der Waals surface area contributed by atoms with Gasteiger partial charge in [0, 0.05) is 126 Å². The number of aliphatic hydroxyl groups is 2. The molecule has 12 heterocycles. The molecule has 12 aromatic heterocycles. The van der Waals surface area contributed by atoms with Crippen molar-refractivity contribution in [1.29, 1.82) is 0 Å². The van der Waals surface area contributed by atoms with Gasteiger partial charge >= 0.3 is 51.2 Å². The van der Waals surface area contributed by atoms with Crippen molar-refractivity contribution in [3.63, 3.8) is 0 Å². The van der Waals surface area contributed by atoms with Crippen molar-refractivity contribution in [2.45, 2.75) is 0 Å². The Morgan fingerprint density at radius 2 is 0.312 bits per heavy atom. The zero-order chi connectivity index (χ0) is 78.1. The van der Waals surface area contributed by atoms with E-state index in [1.807, 2.05) is 255 Å². The van der Waals surface area contributed by atoms with Gasteiger partial charge in [0.2, 0.25) is 0 Å². The number of pyridine rings is 12. The van der Waals surface area contributed by atoms with E-state index in [1.54, 1.807) is 112 Å². The van der Waals surface area contributed by atoms with E-state index >= 15 is 0 Å². The van der Waals surface area contributed by atoms with Crippen molar-refractivity contribution in [2.24, 2.45) is 0 Å². The Bertz CT molecular complexity index is 3470. The molecule has 0 amide bonds. The average molecular weight is 1700 g/mol. The fourth-order valence-corrected chi connectivity index (χ4v) is 6.78. The molecule has 29 heteroatoms. The summed E-state index contributed by atoms with van der Waals surface area (Å²) in [7, 11) is 2.00. The molecule has 109 heavy (non-hydrogen) atoms. The molecule has 0 bridgehead atoms. The SMILES string of the molecule is C(=C\c1ccccn1)/c1ccncc1.C(=C\c1ccccn1)/c1ccncc1.C(=C\c1ccccn1)/c1ccncc1.C(=C\c1ccccn1)/c1ccncc1.C(=C\c1ccccn1)/c1ccncc1.C(=C\c1ccccn1)/c1ccncc1.CO.CO.[Cu+2].[Cu+2].[Cu+2].[N-]=C=S.[N-]=C=S.[N-]=C=S.[N-]=C=S.[N-]=C=S.[N-]=C=S. The van der Waals surface area contributed by atoms with Gasteiger partial charge in [0.25, 0.3) is 0 Å². The number of rotatable bonds is 12. The molecule has 0 aliphatic heterocycles. The number of aliphatic hydroxyl groups excluding tert-OH is 2. The van der Waals surface area contributed by atoms with E-state index in [-0.39, 0.29) is 51.2 Å². The van der Waals surface area contributed by atoms with E-state index in [2.05, 4.69) is 133 Å². The third-order valence-electron chi connectivity index (χ3n) is 11.0. The quantitative estimate of drug-likeness (QED) is 0.0652. The number of hydrogen-bond donors (Lipinski definition) is 2. The first-order chi connectivity index (χ1) is 52.2. The molecular formula is C80H68Cu3N18O2S6. The van der Waals surface area contributed by atoms with Gasteiger partial charge in [0.1, 0.15) is 0 Å². The standard InChI is InChI=1S/6C12H10N2.6CNS.2CH4O.3Cu/c6*1-2-8-14-12(3-1)5-4-11-6-9-13-10-7-11;6*2-1-3;2*1-2;;;/h6*1-10H;;;;;;;2*2H,1H3;;;/q;;;;;;6*-1;;;3*+2/b6*5-4+;;;;;;;;;;;. The summed E-state index contributed by atoms with van der Waals surface area (Å²) in [5, 5.41) is 64.8. The van der Waals surface area contributed by atoms with Crippen molar-refractivity contribution in [3.05, 3.63) is 394 Å². The van der Waals surface area contributed by atoms with E-state index in [0.29, 0.717) is 0 Å². The van der Waals surface area contributed by atoms with Gasteiger partial charge in [0.05, 0.1) is 34.2 Å². The third kappa shape index (κ3) is 65.7. The largest absolute Gasteiger partial charge is 2.00 e. The van der Waals surface area contributed by atoms with Crippen LogP contribution < -0.4 is 0 Å². The predicted molar refractivity (Wildman–Crippen MR) is 456 cm³/mol. The molecule has 2 N–H and O–H groups in total. The van der Waals surface area contributed by atoms with Crippen LogP contribution in [0.4, 0.5) is 0 Å². The summed E-state index contributed by atoms with van der Waals surface area (Å²) in [6.07, 6.45) is 56.0. The molecule has 0 saturated carbocycles. The van der Waals surface area contributed by atoms with Crippen LogP contribution in [0.1, 0.15) is 67.5 Å². The first kappa shape index (κ1) is 106. The fraction of sp³-hybridized carbons (Fsp3) is 0.0250. The summed E-state index contributed by atoms with van der Waals surface area (Å²) in [6, 6.07) is 58.6. The Hall–Kier alpha value is -11.5. The maximum Gasteiger partial charge on any atom is 2.00 e. The van der Waals surface area contributed by atoms with Gasteiger partial charge in [-0.15, -0.1) is 0 Å². The van der Waals surface area contributed by atoms with Crippen molar-refractivity contribution >= 4 is 177 Å². The minimum atomic E-state index is 0. The van der Waals surface area contributed by atoms with Crippen LogP contribution in [0.3, 0.4) is 0 Å². The second kappa shape index (κ2) is 83.8. The monoisotopic (exact) mass is 1690 g/mol. The van der Waals surface area contributed by atoms with Gasteiger partial charge in [-0.3, -0.25) is 59.8 Å². The molecule has 12 rings (SSSR count). The van der Waals surface area contributed by atoms with Gasteiger partial charge in [-0.1, -0.05) is 146 Å². The van der Waals surface area contributed by atoms with Crippen LogP contribution >= 0.6 is 73.3 Å². The molecule has 559 valence electrons. The smallest absolute Gasteiger partial charge is 0.753 e. The molecule has 0 atom stereocenters. The molecule has 0 fully saturated rings. The number of aromatic nitrogens is 12. The van der Waals surface area contributed by atoms with Crippen LogP contribution in [-0.2, 0) is 51.2 Å². The van der Waals surface area contributed by atoms with Gasteiger partial charge in [0.15, 0.2) is 0 Å². The fourth-order valence-electron chi connectivity index (χ4n) is 6.78. The molecule has 3 radical (unpaired) electrons. The van der Waals surface area contributed by atoms with Gasteiger partial charge in [-0.2, -0.15) is 31.0 Å². The minimum absolute atomic E-state index is 0. The molecule has 12 aromatic rings. The summed E-state index contributed by atoms with van der Waals surface area (Å²) < 4.78 is 0. The first-order valence-corrected chi connectivity index (χ1v) is 32.6. The first-order valence-electron chi connectivity index (χ1n) is 30.1. The van der Waals surface area contributed by atoms with Crippen LogP contribution in [0.25, 0.3) is 105 Å². The summed E-state index contributed by atoms with van der Waals surface area (Å²) >= 11 is 22.2. The van der Waals surface area contributed by atoms with Gasteiger partial charge in [-0.05, 0) is 215 Å². The Kier molecular flexibility index (Phi) is 81.6. The molecular weight excluding hydrogens is 1630 g/mol. The second-order valence-electron chi connectivity index (χ2n) is 17.8. The van der Waals surface area contributed by atoms with E-state index in [4.69, 9.17) is 42.7 Å². The number of hydrogen-bond acceptors (Lipinski definition) is 20. The predicted octanol–water partition coefficient (Wildman–Crippen LogP) is 19.0. The normalized spacial score (nSPS) is 8.70. The maximum atomic E-state index is 7.13. The number of isothiocyanates is 6. The Morgan fingerprint density at radius 1 is 0.202 bits per heavy atom. The zero-order valence-corrected chi connectivity index (χ0v) is 65.7. The molecule has 0 spiro atoms. The molecule has 0 aliphatic carbocycles. The van der Waals surface area contributed by atoms with E-state index in [0.717, 1.165) is 81.8 Å².